The van der Waals surface area contributed by atoms with Gasteiger partial charge >= 0.3 is 0 Å². The highest BCUT2D eigenvalue weighted by Gasteiger charge is 2.09. The summed E-state index contributed by atoms with van der Waals surface area (Å²) < 4.78 is 14.5. The molecule has 0 heterocycles. The summed E-state index contributed by atoms with van der Waals surface area (Å²) in [7, 11) is 0. The van der Waals surface area contributed by atoms with E-state index in [1.165, 1.54) is 0 Å². The van der Waals surface area contributed by atoms with Crippen LogP contribution in [0, 0.1) is 5.82 Å². The molecule has 0 radical (unpaired) electrons. The van der Waals surface area contributed by atoms with Crippen LogP contribution in [0.15, 0.2) is 79.4 Å². The van der Waals surface area contributed by atoms with Crippen molar-refractivity contribution < 1.29 is 4.39 Å². The third kappa shape index (κ3) is 3.44. The van der Waals surface area contributed by atoms with E-state index in [2.05, 4.69) is 6.58 Å². The molecular formula is C22H20FN. The molecule has 0 aliphatic rings. The van der Waals surface area contributed by atoms with Gasteiger partial charge in [-0.3, -0.25) is 0 Å². The molecular weight excluding hydrogens is 297 g/mol. The number of benzene rings is 3. The summed E-state index contributed by atoms with van der Waals surface area (Å²) in [6.45, 7) is 4.62. The molecule has 0 aliphatic heterocycles. The predicted molar refractivity (Wildman–Crippen MR) is 98.9 cm³/mol. The van der Waals surface area contributed by atoms with Gasteiger partial charge in [-0.1, -0.05) is 73.3 Å². The Kier molecular flexibility index (Phi) is 4.88. The minimum atomic E-state index is -0.230. The van der Waals surface area contributed by atoms with E-state index in [1.54, 1.807) is 6.07 Å². The SMILES string of the molecule is C=C(Cc1ccccc1CN)c1ccc(-c2ccccc2)c(F)c1. The second-order valence-corrected chi connectivity index (χ2v) is 5.81. The molecule has 0 fully saturated rings. The van der Waals surface area contributed by atoms with Crippen LogP contribution >= 0.6 is 0 Å². The van der Waals surface area contributed by atoms with E-state index in [0.717, 1.165) is 27.8 Å². The van der Waals surface area contributed by atoms with Crippen molar-refractivity contribution in [3.63, 3.8) is 0 Å². The molecule has 0 saturated carbocycles. The van der Waals surface area contributed by atoms with Gasteiger partial charge in [-0.05, 0) is 40.3 Å². The normalized spacial score (nSPS) is 10.6. The lowest BCUT2D eigenvalue weighted by atomic mass is 9.94. The molecule has 24 heavy (non-hydrogen) atoms. The minimum Gasteiger partial charge on any atom is -0.326 e. The van der Waals surface area contributed by atoms with Gasteiger partial charge in [-0.2, -0.15) is 0 Å². The Morgan fingerprint density at radius 1 is 0.875 bits per heavy atom. The zero-order valence-corrected chi connectivity index (χ0v) is 13.5. The number of allylic oxidation sites excluding steroid dienone is 1. The van der Waals surface area contributed by atoms with Gasteiger partial charge < -0.3 is 5.73 Å². The van der Waals surface area contributed by atoms with Crippen LogP contribution < -0.4 is 5.73 Å². The second-order valence-electron chi connectivity index (χ2n) is 5.81. The zero-order chi connectivity index (χ0) is 16.9. The second kappa shape index (κ2) is 7.24. The van der Waals surface area contributed by atoms with E-state index >= 15 is 0 Å². The van der Waals surface area contributed by atoms with E-state index < -0.39 is 0 Å². The number of rotatable bonds is 5. The van der Waals surface area contributed by atoms with Crippen molar-refractivity contribution in [3.05, 3.63) is 102 Å². The first-order valence-corrected chi connectivity index (χ1v) is 7.99. The zero-order valence-electron chi connectivity index (χ0n) is 13.5. The number of hydrogen-bond donors (Lipinski definition) is 1. The molecule has 0 atom stereocenters. The highest BCUT2D eigenvalue weighted by Crippen LogP contribution is 2.27. The van der Waals surface area contributed by atoms with E-state index in [9.17, 15) is 4.39 Å². The van der Waals surface area contributed by atoms with Crippen molar-refractivity contribution in [3.8, 4) is 11.1 Å². The Morgan fingerprint density at radius 2 is 1.54 bits per heavy atom. The molecule has 0 bridgehead atoms. The Balaban J connectivity index is 1.85. The fourth-order valence-corrected chi connectivity index (χ4v) is 2.85. The van der Waals surface area contributed by atoms with Crippen molar-refractivity contribution in [1.82, 2.24) is 0 Å². The van der Waals surface area contributed by atoms with Gasteiger partial charge in [0.25, 0.3) is 0 Å². The largest absolute Gasteiger partial charge is 0.326 e. The molecule has 2 N–H and O–H groups in total. The lowest BCUT2D eigenvalue weighted by Crippen LogP contribution is -2.02. The van der Waals surface area contributed by atoms with Crippen LogP contribution in [0.1, 0.15) is 16.7 Å². The molecule has 120 valence electrons. The number of nitrogens with two attached hydrogens (primary N) is 1. The maximum absolute atomic E-state index is 14.5. The number of hydrogen-bond acceptors (Lipinski definition) is 1. The summed E-state index contributed by atoms with van der Waals surface area (Å²) >= 11 is 0. The molecule has 0 unspecified atom stereocenters. The van der Waals surface area contributed by atoms with Crippen molar-refractivity contribution in [1.29, 1.82) is 0 Å². The van der Waals surface area contributed by atoms with Gasteiger partial charge in [0.15, 0.2) is 0 Å². The molecule has 3 aromatic rings. The van der Waals surface area contributed by atoms with Crippen LogP contribution in [-0.4, -0.2) is 0 Å². The molecule has 0 amide bonds. The van der Waals surface area contributed by atoms with Crippen molar-refractivity contribution in [2.75, 3.05) is 0 Å². The average molecular weight is 317 g/mol. The third-order valence-corrected chi connectivity index (χ3v) is 4.20. The van der Waals surface area contributed by atoms with E-state index in [1.807, 2.05) is 66.7 Å². The Labute approximate surface area is 142 Å². The van der Waals surface area contributed by atoms with Crippen LogP contribution in [0.3, 0.4) is 0 Å². The summed E-state index contributed by atoms with van der Waals surface area (Å²) in [4.78, 5) is 0. The van der Waals surface area contributed by atoms with Crippen LogP contribution in [-0.2, 0) is 13.0 Å². The molecule has 0 saturated heterocycles. The third-order valence-electron chi connectivity index (χ3n) is 4.20. The number of halogens is 1. The van der Waals surface area contributed by atoms with Gasteiger partial charge in [0.05, 0.1) is 0 Å². The van der Waals surface area contributed by atoms with Gasteiger partial charge in [0, 0.05) is 12.1 Å². The van der Waals surface area contributed by atoms with Crippen LogP contribution in [0.2, 0.25) is 0 Å². The first kappa shape index (κ1) is 16.2. The predicted octanol–water partition coefficient (Wildman–Crippen LogP) is 5.21. The Hall–Kier alpha value is -2.71. The molecule has 2 heteroatoms. The topological polar surface area (TPSA) is 26.0 Å². The lowest BCUT2D eigenvalue weighted by Gasteiger charge is -2.12. The maximum atomic E-state index is 14.5. The summed E-state index contributed by atoms with van der Waals surface area (Å²) in [6, 6.07) is 22.9. The minimum absolute atomic E-state index is 0.230. The summed E-state index contributed by atoms with van der Waals surface area (Å²) in [6.07, 6.45) is 0.664. The fraction of sp³-hybridized carbons (Fsp3) is 0.0909. The van der Waals surface area contributed by atoms with Gasteiger partial charge in [0.2, 0.25) is 0 Å². The van der Waals surface area contributed by atoms with Crippen LogP contribution in [0.5, 0.6) is 0 Å². The quantitative estimate of drug-likeness (QED) is 0.687. The standard InChI is InChI=1S/C22H20FN/c1-16(13-19-9-5-6-10-20(19)15-24)18-11-12-21(22(23)14-18)17-7-3-2-4-8-17/h2-12,14H,1,13,15,24H2. The van der Waals surface area contributed by atoms with Crippen molar-refractivity contribution in [2.45, 2.75) is 13.0 Å². The van der Waals surface area contributed by atoms with Gasteiger partial charge in [-0.15, -0.1) is 0 Å². The van der Waals surface area contributed by atoms with Crippen LogP contribution in [0.25, 0.3) is 16.7 Å². The monoisotopic (exact) mass is 317 g/mol. The van der Waals surface area contributed by atoms with Crippen molar-refractivity contribution >= 4 is 5.57 Å². The van der Waals surface area contributed by atoms with E-state index in [-0.39, 0.29) is 5.82 Å². The average Bonchev–Trinajstić information content (AvgIpc) is 2.62. The van der Waals surface area contributed by atoms with Crippen LogP contribution in [0.4, 0.5) is 4.39 Å². The van der Waals surface area contributed by atoms with E-state index in [0.29, 0.717) is 18.5 Å². The van der Waals surface area contributed by atoms with Gasteiger partial charge in [-0.25, -0.2) is 4.39 Å². The Bertz CT molecular complexity index is 853. The maximum Gasteiger partial charge on any atom is 0.131 e. The summed E-state index contributed by atoms with van der Waals surface area (Å²) in [5.41, 5.74) is 11.2. The van der Waals surface area contributed by atoms with Gasteiger partial charge in [0.1, 0.15) is 5.82 Å². The Morgan fingerprint density at radius 3 is 2.21 bits per heavy atom. The molecule has 3 aromatic carbocycles. The fourth-order valence-electron chi connectivity index (χ4n) is 2.85. The highest BCUT2D eigenvalue weighted by atomic mass is 19.1. The smallest absolute Gasteiger partial charge is 0.131 e. The molecule has 0 spiro atoms. The van der Waals surface area contributed by atoms with Crippen molar-refractivity contribution in [2.24, 2.45) is 5.73 Å². The molecule has 3 rings (SSSR count). The first-order chi connectivity index (χ1) is 11.7. The highest BCUT2D eigenvalue weighted by molar-refractivity contribution is 5.71. The summed E-state index contributed by atoms with van der Waals surface area (Å²) in [5, 5.41) is 0. The molecule has 1 nitrogen and oxygen atoms in total. The first-order valence-electron chi connectivity index (χ1n) is 7.99. The molecule has 0 aromatic heterocycles. The molecule has 0 aliphatic carbocycles. The lowest BCUT2D eigenvalue weighted by molar-refractivity contribution is 0.631. The summed E-state index contributed by atoms with van der Waals surface area (Å²) in [5.74, 6) is -0.230. The van der Waals surface area contributed by atoms with E-state index in [4.69, 9.17) is 5.73 Å².